The number of aliphatic imine (C=N–C) groups is 1. The number of methoxy groups -OCH3 is 1. The molecule has 5 unspecified atom stereocenters. The summed E-state index contributed by atoms with van der Waals surface area (Å²) in [6.45, 7) is 4.61. The second-order valence-corrected chi connectivity index (χ2v) is 7.70. The Labute approximate surface area is 149 Å². The Balaban J connectivity index is 1.34. The summed E-state index contributed by atoms with van der Waals surface area (Å²) in [5, 5.41) is 3.55. The quantitative estimate of drug-likeness (QED) is 0.518. The minimum atomic E-state index is -0.112. The Kier molecular flexibility index (Phi) is 4.18. The van der Waals surface area contributed by atoms with Crippen LogP contribution in [0.4, 0.5) is 0 Å². The maximum atomic E-state index is 11.9. The first-order valence-electron chi connectivity index (χ1n) is 9.25. The van der Waals surface area contributed by atoms with Crippen LogP contribution in [-0.4, -0.2) is 50.6 Å². The molecule has 0 bridgehead atoms. The first-order valence-corrected chi connectivity index (χ1v) is 9.25. The van der Waals surface area contributed by atoms with Crippen LogP contribution in [0.2, 0.25) is 0 Å². The van der Waals surface area contributed by atoms with Crippen LogP contribution in [0.1, 0.15) is 24.0 Å². The van der Waals surface area contributed by atoms with Gasteiger partial charge in [-0.1, -0.05) is 31.2 Å². The predicted octanol–water partition coefficient (Wildman–Crippen LogP) is 1.89. The summed E-state index contributed by atoms with van der Waals surface area (Å²) < 4.78 is 4.93. The molecule has 1 heterocycles. The van der Waals surface area contributed by atoms with Crippen LogP contribution in [-0.2, 0) is 16.0 Å². The fraction of sp³-hybridized carbons (Fsp3) is 0.600. The molecular formula is C20H27N3O2. The Morgan fingerprint density at radius 3 is 2.92 bits per heavy atom. The van der Waals surface area contributed by atoms with Crippen LogP contribution in [0.15, 0.2) is 29.3 Å². The molecule has 134 valence electrons. The molecule has 1 aliphatic heterocycles. The number of nitrogens with one attached hydrogen (secondary N) is 1. The largest absolute Gasteiger partial charge is 0.469 e. The van der Waals surface area contributed by atoms with Gasteiger partial charge in [-0.25, -0.2) is 0 Å². The summed E-state index contributed by atoms with van der Waals surface area (Å²) in [6.07, 6.45) is 1.22. The highest BCUT2D eigenvalue weighted by Gasteiger charge is 2.55. The number of fused-ring (bicyclic) bond motifs is 3. The second-order valence-electron chi connectivity index (χ2n) is 7.70. The first kappa shape index (κ1) is 16.4. The standard InChI is InChI=1S/C20H27N3O2/c1-12-10-23(11-17(12)19(24)25-3)20(21-2)22-9-16-15-8-13-6-4-5-7-14(13)18(15)16/h4-7,12,15-18H,8-11H2,1-3H3,(H,21,22). The van der Waals surface area contributed by atoms with E-state index in [1.165, 1.54) is 19.1 Å². The van der Waals surface area contributed by atoms with Crippen molar-refractivity contribution in [2.24, 2.45) is 28.7 Å². The number of carbonyl (C=O) groups is 1. The molecule has 5 nitrogen and oxygen atoms in total. The number of hydrogen-bond acceptors (Lipinski definition) is 3. The van der Waals surface area contributed by atoms with Gasteiger partial charge in [-0.05, 0) is 41.2 Å². The van der Waals surface area contributed by atoms with E-state index in [9.17, 15) is 4.79 Å². The van der Waals surface area contributed by atoms with E-state index in [2.05, 4.69) is 46.4 Å². The van der Waals surface area contributed by atoms with Crippen LogP contribution in [0.3, 0.4) is 0 Å². The highest BCUT2D eigenvalue weighted by molar-refractivity contribution is 5.82. The van der Waals surface area contributed by atoms with Crippen LogP contribution < -0.4 is 5.32 Å². The SMILES string of the molecule is CN=C(NCC1C2Cc3ccccc3C12)N1CC(C)C(C(=O)OC)C1. The molecule has 4 rings (SSSR count). The van der Waals surface area contributed by atoms with Crippen molar-refractivity contribution in [1.29, 1.82) is 0 Å². The van der Waals surface area contributed by atoms with Gasteiger partial charge in [0, 0.05) is 26.7 Å². The van der Waals surface area contributed by atoms with E-state index in [1.807, 2.05) is 7.05 Å². The summed E-state index contributed by atoms with van der Waals surface area (Å²) in [5.41, 5.74) is 3.09. The molecule has 5 atom stereocenters. The molecule has 1 saturated carbocycles. The predicted molar refractivity (Wildman–Crippen MR) is 97.5 cm³/mol. The zero-order valence-corrected chi connectivity index (χ0v) is 15.2. The molecule has 1 aromatic rings. The molecule has 1 saturated heterocycles. The Bertz CT molecular complexity index is 702. The summed E-state index contributed by atoms with van der Waals surface area (Å²) in [5.74, 6) is 3.26. The normalized spacial score (nSPS) is 33.0. The molecule has 3 aliphatic rings. The number of benzene rings is 1. The lowest BCUT2D eigenvalue weighted by Crippen LogP contribution is -2.41. The maximum absolute atomic E-state index is 11.9. The van der Waals surface area contributed by atoms with E-state index in [0.717, 1.165) is 30.9 Å². The van der Waals surface area contributed by atoms with Gasteiger partial charge in [0.05, 0.1) is 13.0 Å². The highest BCUT2D eigenvalue weighted by atomic mass is 16.5. The molecule has 25 heavy (non-hydrogen) atoms. The zero-order chi connectivity index (χ0) is 17.6. The van der Waals surface area contributed by atoms with Crippen molar-refractivity contribution in [2.75, 3.05) is 33.8 Å². The Hall–Kier alpha value is -2.04. The van der Waals surface area contributed by atoms with Gasteiger partial charge in [-0.2, -0.15) is 0 Å². The average molecular weight is 341 g/mol. The minimum absolute atomic E-state index is 0.0595. The van der Waals surface area contributed by atoms with E-state index >= 15 is 0 Å². The van der Waals surface area contributed by atoms with Crippen molar-refractivity contribution in [1.82, 2.24) is 10.2 Å². The number of esters is 1. The van der Waals surface area contributed by atoms with Crippen molar-refractivity contribution in [3.63, 3.8) is 0 Å². The smallest absolute Gasteiger partial charge is 0.310 e. The van der Waals surface area contributed by atoms with Gasteiger partial charge in [0.15, 0.2) is 5.96 Å². The summed E-state index contributed by atoms with van der Waals surface area (Å²) in [7, 11) is 3.29. The van der Waals surface area contributed by atoms with Crippen molar-refractivity contribution >= 4 is 11.9 Å². The topological polar surface area (TPSA) is 53.9 Å². The maximum Gasteiger partial charge on any atom is 0.310 e. The lowest BCUT2D eigenvalue weighted by Gasteiger charge is -2.22. The van der Waals surface area contributed by atoms with Crippen molar-refractivity contribution in [2.45, 2.75) is 19.3 Å². The van der Waals surface area contributed by atoms with Crippen molar-refractivity contribution in [3.05, 3.63) is 35.4 Å². The van der Waals surface area contributed by atoms with Gasteiger partial charge in [0.2, 0.25) is 0 Å². The van der Waals surface area contributed by atoms with Gasteiger partial charge in [-0.3, -0.25) is 9.79 Å². The monoisotopic (exact) mass is 341 g/mol. The third-order valence-corrected chi connectivity index (χ3v) is 6.32. The Morgan fingerprint density at radius 1 is 1.36 bits per heavy atom. The molecule has 1 N–H and O–H groups in total. The van der Waals surface area contributed by atoms with E-state index in [1.54, 1.807) is 5.56 Å². The molecule has 1 aromatic carbocycles. The van der Waals surface area contributed by atoms with Gasteiger partial charge < -0.3 is 15.0 Å². The molecule has 0 spiro atoms. The molecule has 0 radical (unpaired) electrons. The van der Waals surface area contributed by atoms with E-state index in [-0.39, 0.29) is 17.8 Å². The van der Waals surface area contributed by atoms with Crippen molar-refractivity contribution in [3.8, 4) is 0 Å². The number of nitrogens with zero attached hydrogens (tertiary/aromatic N) is 2. The average Bonchev–Trinajstić information content (AvgIpc) is 2.97. The van der Waals surface area contributed by atoms with E-state index in [4.69, 9.17) is 4.74 Å². The fourth-order valence-electron chi connectivity index (χ4n) is 4.90. The zero-order valence-electron chi connectivity index (χ0n) is 15.2. The molecule has 2 fully saturated rings. The van der Waals surface area contributed by atoms with Gasteiger partial charge in [-0.15, -0.1) is 0 Å². The molecule has 0 amide bonds. The first-order chi connectivity index (χ1) is 12.1. The van der Waals surface area contributed by atoms with Crippen LogP contribution in [0.25, 0.3) is 0 Å². The number of hydrogen-bond donors (Lipinski definition) is 1. The van der Waals surface area contributed by atoms with Crippen molar-refractivity contribution < 1.29 is 9.53 Å². The summed E-state index contributed by atoms with van der Waals surface area (Å²) in [4.78, 5) is 18.5. The highest BCUT2D eigenvalue weighted by Crippen LogP contribution is 2.60. The summed E-state index contributed by atoms with van der Waals surface area (Å²) >= 11 is 0. The molecule has 2 aliphatic carbocycles. The number of ether oxygens (including phenoxy) is 1. The number of guanidine groups is 1. The molecule has 0 aromatic heterocycles. The van der Waals surface area contributed by atoms with E-state index in [0.29, 0.717) is 12.5 Å². The third kappa shape index (κ3) is 2.79. The lowest BCUT2D eigenvalue weighted by atomic mass is 9.99. The lowest BCUT2D eigenvalue weighted by molar-refractivity contribution is -0.145. The van der Waals surface area contributed by atoms with Crippen LogP contribution >= 0.6 is 0 Å². The van der Waals surface area contributed by atoms with Gasteiger partial charge in [0.25, 0.3) is 0 Å². The van der Waals surface area contributed by atoms with E-state index < -0.39 is 0 Å². The summed E-state index contributed by atoms with van der Waals surface area (Å²) in [6, 6.07) is 8.86. The van der Waals surface area contributed by atoms with Gasteiger partial charge >= 0.3 is 5.97 Å². The number of carbonyl (C=O) groups excluding carboxylic acids is 1. The minimum Gasteiger partial charge on any atom is -0.469 e. The third-order valence-electron chi connectivity index (χ3n) is 6.32. The number of rotatable bonds is 3. The molecule has 5 heteroatoms. The second kappa shape index (κ2) is 6.36. The number of likely N-dealkylation sites (tertiary alicyclic amines) is 1. The van der Waals surface area contributed by atoms with Crippen LogP contribution in [0, 0.1) is 23.7 Å². The van der Waals surface area contributed by atoms with Crippen LogP contribution in [0.5, 0.6) is 0 Å². The molecular weight excluding hydrogens is 314 g/mol. The fourth-order valence-corrected chi connectivity index (χ4v) is 4.90. The Morgan fingerprint density at radius 2 is 2.16 bits per heavy atom. The van der Waals surface area contributed by atoms with Gasteiger partial charge in [0.1, 0.15) is 0 Å².